The molecule has 0 aliphatic rings. The molecule has 0 saturated heterocycles. The maximum atomic E-state index is 2.29. The molecule has 0 aromatic carbocycles. The smallest absolute Gasteiger partial charge is 0.00248 e. The van der Waals surface area contributed by atoms with E-state index in [4.69, 9.17) is 0 Å². The lowest BCUT2D eigenvalue weighted by molar-refractivity contribution is 0.389. The van der Waals surface area contributed by atoms with E-state index in [0.717, 1.165) is 0 Å². The number of nitrogens with zero attached hydrogens (tertiary/aromatic N) is 2. The van der Waals surface area contributed by atoms with Gasteiger partial charge in [0.2, 0.25) is 0 Å². The fraction of sp³-hybridized carbons (Fsp3) is 1.00. The fourth-order valence-corrected chi connectivity index (χ4v) is 3.83. The summed E-state index contributed by atoms with van der Waals surface area (Å²) in [5.41, 5.74) is 0. The minimum absolute atomic E-state index is 1.26. The first-order chi connectivity index (χ1) is 14.5. The van der Waals surface area contributed by atoms with E-state index in [0.29, 0.717) is 0 Å². The predicted molar refractivity (Wildman–Crippen MR) is 141 cm³/mol. The van der Waals surface area contributed by atoms with E-state index in [1.807, 2.05) is 0 Å². The van der Waals surface area contributed by atoms with Gasteiger partial charge in [-0.05, 0) is 54.1 Å². The van der Waals surface area contributed by atoms with Gasteiger partial charge in [0.15, 0.2) is 0 Å². The Kier molecular flexibility index (Phi) is 30.9. The summed E-state index contributed by atoms with van der Waals surface area (Å²) >= 11 is 0. The Morgan fingerprint density at radius 3 is 0.700 bits per heavy atom. The van der Waals surface area contributed by atoms with Crippen LogP contribution in [0.5, 0.6) is 0 Å². The van der Waals surface area contributed by atoms with Gasteiger partial charge in [-0.3, -0.25) is 0 Å². The lowest BCUT2D eigenvalue weighted by Crippen LogP contribution is -2.12. The number of unbranched alkanes of at least 4 members (excludes halogenated alkanes) is 18. The molecule has 0 aromatic heterocycles. The highest BCUT2D eigenvalue weighted by molar-refractivity contribution is 4.50. The van der Waals surface area contributed by atoms with Gasteiger partial charge in [0.1, 0.15) is 0 Å². The Labute approximate surface area is 193 Å². The average Bonchev–Trinajstić information content (AvgIpc) is 2.71. The Bertz CT molecular complexity index is 276. The van der Waals surface area contributed by atoms with Crippen molar-refractivity contribution in [1.82, 2.24) is 9.80 Å². The van der Waals surface area contributed by atoms with Gasteiger partial charge >= 0.3 is 0 Å². The van der Waals surface area contributed by atoms with E-state index in [1.54, 1.807) is 0 Å². The van der Waals surface area contributed by atoms with Gasteiger partial charge in [0, 0.05) is 0 Å². The van der Waals surface area contributed by atoms with Crippen LogP contribution in [0.2, 0.25) is 0 Å². The number of hydrogen-bond donors (Lipinski definition) is 0. The van der Waals surface area contributed by atoms with Crippen molar-refractivity contribution in [1.29, 1.82) is 0 Å². The number of rotatable bonds is 22. The van der Waals surface area contributed by atoms with Crippen molar-refractivity contribution < 1.29 is 0 Å². The molecule has 0 atom stereocenters. The van der Waals surface area contributed by atoms with Gasteiger partial charge in [0.05, 0.1) is 0 Å². The Hall–Kier alpha value is -0.0800. The first-order valence-corrected chi connectivity index (χ1v) is 13.8. The molecule has 184 valence electrons. The van der Waals surface area contributed by atoms with Crippen molar-refractivity contribution in [3.63, 3.8) is 0 Å². The van der Waals surface area contributed by atoms with Crippen LogP contribution in [0.25, 0.3) is 0 Å². The van der Waals surface area contributed by atoms with Gasteiger partial charge in [-0.25, -0.2) is 0 Å². The molecule has 0 aromatic rings. The molecule has 0 radical (unpaired) electrons. The van der Waals surface area contributed by atoms with Crippen molar-refractivity contribution in [3.05, 3.63) is 0 Å². The second kappa shape index (κ2) is 28.9. The summed E-state index contributed by atoms with van der Waals surface area (Å²) < 4.78 is 0. The monoisotopic (exact) mass is 426 g/mol. The van der Waals surface area contributed by atoms with Gasteiger partial charge in [0.25, 0.3) is 0 Å². The highest BCUT2D eigenvalue weighted by Gasteiger charge is 1.94. The Morgan fingerprint density at radius 1 is 0.300 bits per heavy atom. The molecule has 0 heterocycles. The molecular formula is C28H62N2. The van der Waals surface area contributed by atoms with Crippen LogP contribution in [0.4, 0.5) is 0 Å². The maximum absolute atomic E-state index is 2.29. The minimum atomic E-state index is 1.26. The zero-order valence-electron chi connectivity index (χ0n) is 22.5. The molecule has 0 rings (SSSR count). The van der Waals surface area contributed by atoms with Crippen molar-refractivity contribution in [2.75, 3.05) is 41.3 Å². The Morgan fingerprint density at radius 2 is 0.500 bits per heavy atom. The third-order valence-corrected chi connectivity index (χ3v) is 5.92. The summed E-state index contributed by atoms with van der Waals surface area (Å²) in [6.07, 6.45) is 28.7. The summed E-state index contributed by atoms with van der Waals surface area (Å²) in [5.74, 6) is 0. The zero-order chi connectivity index (χ0) is 22.7. The van der Waals surface area contributed by atoms with Crippen LogP contribution in [0.15, 0.2) is 0 Å². The first-order valence-electron chi connectivity index (χ1n) is 13.8. The first kappa shape index (κ1) is 32.1. The van der Waals surface area contributed by atoms with E-state index in [9.17, 15) is 0 Å². The van der Waals surface area contributed by atoms with Gasteiger partial charge in [-0.1, -0.05) is 129 Å². The molecule has 0 amide bonds. The fourth-order valence-electron chi connectivity index (χ4n) is 3.83. The lowest BCUT2D eigenvalue weighted by atomic mass is 10.1. The van der Waals surface area contributed by atoms with Crippen LogP contribution >= 0.6 is 0 Å². The zero-order valence-corrected chi connectivity index (χ0v) is 22.5. The topological polar surface area (TPSA) is 6.48 Å². The van der Waals surface area contributed by atoms with Crippen LogP contribution in [-0.4, -0.2) is 51.1 Å². The summed E-state index contributed by atoms with van der Waals surface area (Å²) in [7, 11) is 8.64. The highest BCUT2D eigenvalue weighted by atomic mass is 15.0. The van der Waals surface area contributed by atoms with Crippen molar-refractivity contribution in [3.8, 4) is 0 Å². The van der Waals surface area contributed by atoms with Crippen LogP contribution in [-0.2, 0) is 0 Å². The second-order valence-corrected chi connectivity index (χ2v) is 9.97. The molecule has 0 bridgehead atoms. The summed E-state index contributed by atoms with van der Waals surface area (Å²) in [4.78, 5) is 4.56. The molecule has 0 aliphatic heterocycles. The standard InChI is InChI=1S/C15H33N.C13H29N/c1-4-5-6-7-8-9-10-11-12-13-14-15-16(2)3;1-4-5-6-7-8-9-10-11-12-13-14(2)3/h4-15H2,1-3H3;4-13H2,1-3H3. The van der Waals surface area contributed by atoms with E-state index in [2.05, 4.69) is 51.8 Å². The van der Waals surface area contributed by atoms with Crippen molar-refractivity contribution in [2.45, 2.75) is 142 Å². The summed E-state index contributed by atoms with van der Waals surface area (Å²) in [6.45, 7) is 7.09. The lowest BCUT2D eigenvalue weighted by Gasteiger charge is -2.08. The van der Waals surface area contributed by atoms with E-state index in [-0.39, 0.29) is 0 Å². The maximum Gasteiger partial charge on any atom is -0.00248 e. The van der Waals surface area contributed by atoms with Gasteiger partial charge in [-0.15, -0.1) is 0 Å². The van der Waals surface area contributed by atoms with Crippen LogP contribution in [0.3, 0.4) is 0 Å². The SMILES string of the molecule is CCCCCCCCCCCCCN(C)C.CCCCCCCCCCCN(C)C. The molecule has 0 fully saturated rings. The van der Waals surface area contributed by atoms with Crippen LogP contribution < -0.4 is 0 Å². The molecular weight excluding hydrogens is 364 g/mol. The molecule has 0 saturated carbocycles. The summed E-state index contributed by atoms with van der Waals surface area (Å²) in [5, 5.41) is 0. The van der Waals surface area contributed by atoms with E-state index >= 15 is 0 Å². The Balaban J connectivity index is 0. The summed E-state index contributed by atoms with van der Waals surface area (Å²) in [6, 6.07) is 0. The molecule has 2 nitrogen and oxygen atoms in total. The van der Waals surface area contributed by atoms with Crippen molar-refractivity contribution >= 4 is 0 Å². The minimum Gasteiger partial charge on any atom is -0.309 e. The molecule has 2 heteroatoms. The van der Waals surface area contributed by atoms with Crippen molar-refractivity contribution in [2.24, 2.45) is 0 Å². The molecule has 0 aliphatic carbocycles. The normalized spacial score (nSPS) is 11.2. The molecule has 0 spiro atoms. The molecule has 0 N–H and O–H groups in total. The third kappa shape index (κ3) is 35.4. The predicted octanol–water partition coefficient (Wildman–Crippen LogP) is 8.94. The largest absolute Gasteiger partial charge is 0.309 e. The van der Waals surface area contributed by atoms with E-state index in [1.165, 1.54) is 142 Å². The van der Waals surface area contributed by atoms with Gasteiger partial charge in [-0.2, -0.15) is 0 Å². The molecule has 0 unspecified atom stereocenters. The average molecular weight is 427 g/mol. The highest BCUT2D eigenvalue weighted by Crippen LogP contribution is 2.11. The quantitative estimate of drug-likeness (QED) is 0.159. The van der Waals surface area contributed by atoms with Gasteiger partial charge < -0.3 is 9.80 Å². The van der Waals surface area contributed by atoms with Crippen LogP contribution in [0, 0.1) is 0 Å². The third-order valence-electron chi connectivity index (χ3n) is 5.92. The van der Waals surface area contributed by atoms with E-state index < -0.39 is 0 Å². The molecule has 30 heavy (non-hydrogen) atoms. The number of hydrogen-bond acceptors (Lipinski definition) is 2. The second-order valence-electron chi connectivity index (χ2n) is 9.97. The van der Waals surface area contributed by atoms with Crippen LogP contribution in [0.1, 0.15) is 142 Å².